The highest BCUT2D eigenvalue weighted by atomic mass is 32.2. The third kappa shape index (κ3) is 4.42. The van der Waals surface area contributed by atoms with Crippen LogP contribution >= 0.6 is 11.3 Å². The number of sulfone groups is 1. The van der Waals surface area contributed by atoms with Crippen LogP contribution in [0, 0.1) is 0 Å². The number of methoxy groups -OCH3 is 1. The molecule has 2 heterocycles. The first-order valence-corrected chi connectivity index (χ1v) is 12.0. The topological polar surface area (TPSA) is 61.2 Å². The Balaban J connectivity index is 1.83. The molecule has 0 spiro atoms. The highest BCUT2D eigenvalue weighted by molar-refractivity contribution is 7.90. The summed E-state index contributed by atoms with van der Waals surface area (Å²) in [5.74, 6) is 0.488. The van der Waals surface area contributed by atoms with Crippen molar-refractivity contribution in [3.8, 4) is 32.4 Å². The van der Waals surface area contributed by atoms with E-state index < -0.39 is 21.7 Å². The van der Waals surface area contributed by atoms with Crippen molar-refractivity contribution in [3.63, 3.8) is 0 Å². The smallest absolute Gasteiger partial charge is 0.435 e. The summed E-state index contributed by atoms with van der Waals surface area (Å²) in [5.41, 5.74) is 0.335. The molecule has 0 saturated heterocycles. The van der Waals surface area contributed by atoms with E-state index in [9.17, 15) is 21.6 Å². The molecule has 166 valence electrons. The van der Waals surface area contributed by atoms with Gasteiger partial charge in [0.05, 0.1) is 28.3 Å². The van der Waals surface area contributed by atoms with Crippen LogP contribution in [-0.2, 0) is 16.0 Å². The first-order valence-electron chi connectivity index (χ1n) is 9.28. The minimum atomic E-state index is -4.61. The Morgan fingerprint density at radius 3 is 2.38 bits per heavy atom. The second-order valence-corrected chi connectivity index (χ2v) is 10.1. The Hall–Kier alpha value is -3.11. The van der Waals surface area contributed by atoms with Crippen LogP contribution in [0.5, 0.6) is 5.75 Å². The molecule has 0 saturated carbocycles. The van der Waals surface area contributed by atoms with E-state index in [2.05, 4.69) is 5.10 Å². The van der Waals surface area contributed by atoms with Gasteiger partial charge in [-0.1, -0.05) is 18.2 Å². The average molecular weight is 479 g/mol. The molecular formula is C22H17F3N2O3S2. The van der Waals surface area contributed by atoms with E-state index >= 15 is 0 Å². The highest BCUT2D eigenvalue weighted by Gasteiger charge is 2.35. The lowest BCUT2D eigenvalue weighted by molar-refractivity contribution is -0.141. The maximum absolute atomic E-state index is 13.4. The summed E-state index contributed by atoms with van der Waals surface area (Å²) in [6.07, 6.45) is -3.49. The second-order valence-electron chi connectivity index (χ2n) is 6.99. The molecule has 2 aromatic heterocycles. The summed E-state index contributed by atoms with van der Waals surface area (Å²) < 4.78 is 70.4. The van der Waals surface area contributed by atoms with Gasteiger partial charge < -0.3 is 4.74 Å². The maximum atomic E-state index is 13.4. The van der Waals surface area contributed by atoms with Crippen LogP contribution < -0.4 is 4.74 Å². The van der Waals surface area contributed by atoms with Crippen molar-refractivity contribution in [2.45, 2.75) is 11.1 Å². The van der Waals surface area contributed by atoms with Gasteiger partial charge in [-0.05, 0) is 48.0 Å². The normalized spacial score (nSPS) is 12.2. The number of ether oxygens (including phenoxy) is 1. The number of halogens is 3. The molecule has 32 heavy (non-hydrogen) atoms. The number of thiophene rings is 1. The van der Waals surface area contributed by atoms with Gasteiger partial charge in [-0.2, -0.15) is 18.3 Å². The van der Waals surface area contributed by atoms with Gasteiger partial charge in [0.2, 0.25) is 0 Å². The zero-order valence-corrected chi connectivity index (χ0v) is 18.6. The number of benzene rings is 2. The van der Waals surface area contributed by atoms with Crippen LogP contribution in [0.2, 0.25) is 0 Å². The summed E-state index contributed by atoms with van der Waals surface area (Å²) in [5, 5.41) is 3.80. The fraction of sp³-hybridized carbons (Fsp3) is 0.136. The van der Waals surface area contributed by atoms with Gasteiger partial charge in [-0.15, -0.1) is 11.3 Å². The fourth-order valence-corrected chi connectivity index (χ4v) is 4.82. The van der Waals surface area contributed by atoms with Crippen LogP contribution in [-0.4, -0.2) is 31.6 Å². The lowest BCUT2D eigenvalue weighted by atomic mass is 10.2. The highest BCUT2D eigenvalue weighted by Crippen LogP contribution is 2.39. The van der Waals surface area contributed by atoms with Gasteiger partial charge >= 0.3 is 6.18 Å². The number of hydrogen-bond donors (Lipinski definition) is 0. The zero-order valence-electron chi connectivity index (χ0n) is 16.9. The summed E-state index contributed by atoms with van der Waals surface area (Å²) in [4.78, 5) is 1.44. The van der Waals surface area contributed by atoms with Crippen molar-refractivity contribution in [1.82, 2.24) is 9.78 Å². The van der Waals surface area contributed by atoms with E-state index in [4.69, 9.17) is 4.74 Å². The molecule has 0 amide bonds. The second kappa shape index (κ2) is 8.10. The number of aromatic nitrogens is 2. The SMILES string of the molecule is COc1cccc(-n2nc(C(F)(F)F)cc2-c2ccc(-c3cccc(S(C)(=O)=O)c3)s2)c1. The third-order valence-corrected chi connectivity index (χ3v) is 6.97. The fourth-order valence-electron chi connectivity index (χ4n) is 3.14. The zero-order chi connectivity index (χ0) is 23.1. The average Bonchev–Trinajstić information content (AvgIpc) is 3.40. The minimum absolute atomic E-state index is 0.172. The first-order chi connectivity index (χ1) is 15.1. The molecule has 10 heteroatoms. The number of hydrogen-bond acceptors (Lipinski definition) is 5. The first kappa shape index (κ1) is 22.1. The molecular weight excluding hydrogens is 461 g/mol. The molecule has 0 fully saturated rings. The quantitative estimate of drug-likeness (QED) is 0.369. The lowest BCUT2D eigenvalue weighted by Crippen LogP contribution is -2.07. The molecule has 0 unspecified atom stereocenters. The van der Waals surface area contributed by atoms with Crippen molar-refractivity contribution in [3.05, 3.63) is 72.4 Å². The standard InChI is InChI=1S/C22H17F3N2O3S2/c1-30-16-7-4-6-15(12-16)27-18(13-21(26-27)22(23,24)25)20-10-9-19(31-20)14-5-3-8-17(11-14)32(2,28)29/h3-13H,1-2H3. The van der Waals surface area contributed by atoms with Crippen molar-refractivity contribution in [2.75, 3.05) is 13.4 Å². The van der Waals surface area contributed by atoms with E-state index in [1.807, 2.05) is 0 Å². The van der Waals surface area contributed by atoms with Crippen molar-refractivity contribution in [2.24, 2.45) is 0 Å². The molecule has 4 aromatic rings. The number of nitrogens with zero attached hydrogens (tertiary/aromatic N) is 2. The number of rotatable bonds is 5. The molecule has 0 atom stereocenters. The van der Waals surface area contributed by atoms with E-state index in [1.165, 1.54) is 29.2 Å². The maximum Gasteiger partial charge on any atom is 0.435 e. The van der Waals surface area contributed by atoms with E-state index in [-0.39, 0.29) is 10.6 Å². The van der Waals surface area contributed by atoms with Gasteiger partial charge in [0.15, 0.2) is 15.5 Å². The van der Waals surface area contributed by atoms with Gasteiger partial charge in [0.25, 0.3) is 0 Å². The van der Waals surface area contributed by atoms with Crippen LogP contribution in [0.4, 0.5) is 13.2 Å². The molecule has 0 bridgehead atoms. The van der Waals surface area contributed by atoms with Gasteiger partial charge in [0, 0.05) is 17.2 Å². The predicted octanol–water partition coefficient (Wildman–Crippen LogP) is 5.70. The molecule has 0 aliphatic rings. The van der Waals surface area contributed by atoms with Crippen LogP contribution in [0.15, 0.2) is 71.6 Å². The Morgan fingerprint density at radius 2 is 1.69 bits per heavy atom. The summed E-state index contributed by atoms with van der Waals surface area (Å²) in [6, 6.07) is 17.5. The largest absolute Gasteiger partial charge is 0.497 e. The Morgan fingerprint density at radius 1 is 0.969 bits per heavy atom. The Labute approximate surface area is 186 Å². The van der Waals surface area contributed by atoms with E-state index in [1.54, 1.807) is 54.6 Å². The van der Waals surface area contributed by atoms with Gasteiger partial charge in [-0.3, -0.25) is 0 Å². The molecule has 2 aromatic carbocycles. The summed E-state index contributed by atoms with van der Waals surface area (Å²) in [6.45, 7) is 0. The van der Waals surface area contributed by atoms with Crippen molar-refractivity contribution in [1.29, 1.82) is 0 Å². The summed E-state index contributed by atoms with van der Waals surface area (Å²) in [7, 11) is -1.91. The van der Waals surface area contributed by atoms with Gasteiger partial charge in [-0.25, -0.2) is 13.1 Å². The monoisotopic (exact) mass is 478 g/mol. The number of alkyl halides is 3. The van der Waals surface area contributed by atoms with E-state index in [0.717, 1.165) is 17.2 Å². The van der Waals surface area contributed by atoms with Crippen LogP contribution in [0.1, 0.15) is 5.69 Å². The van der Waals surface area contributed by atoms with Crippen molar-refractivity contribution < 1.29 is 26.3 Å². The Kier molecular flexibility index (Phi) is 5.59. The molecule has 0 aliphatic carbocycles. The van der Waals surface area contributed by atoms with Gasteiger partial charge in [0.1, 0.15) is 5.75 Å². The molecule has 5 nitrogen and oxygen atoms in total. The Bertz CT molecular complexity index is 1390. The summed E-state index contributed by atoms with van der Waals surface area (Å²) >= 11 is 1.25. The molecule has 4 rings (SSSR count). The van der Waals surface area contributed by atoms with E-state index in [0.29, 0.717) is 21.9 Å². The predicted molar refractivity (Wildman–Crippen MR) is 117 cm³/mol. The minimum Gasteiger partial charge on any atom is -0.497 e. The van der Waals surface area contributed by atoms with Crippen LogP contribution in [0.25, 0.3) is 26.7 Å². The third-order valence-electron chi connectivity index (χ3n) is 4.70. The molecule has 0 radical (unpaired) electrons. The van der Waals surface area contributed by atoms with Crippen LogP contribution in [0.3, 0.4) is 0 Å². The lowest BCUT2D eigenvalue weighted by Gasteiger charge is -2.08. The van der Waals surface area contributed by atoms with Crippen molar-refractivity contribution >= 4 is 21.2 Å². The molecule has 0 aliphatic heterocycles. The molecule has 0 N–H and O–H groups in total.